The Hall–Kier alpha value is -3.21. The Morgan fingerprint density at radius 1 is 1.45 bits per heavy atom. The van der Waals surface area contributed by atoms with Crippen molar-refractivity contribution in [2.45, 2.75) is 32.2 Å². The van der Waals surface area contributed by atoms with E-state index in [0.29, 0.717) is 0 Å². The van der Waals surface area contributed by atoms with Crippen molar-refractivity contribution >= 4 is 23.8 Å². The molecule has 1 aliphatic rings. The highest BCUT2D eigenvalue weighted by Gasteiger charge is 2.47. The summed E-state index contributed by atoms with van der Waals surface area (Å²) in [5.41, 5.74) is 7.80. The van der Waals surface area contributed by atoms with E-state index in [1.807, 2.05) is 5.43 Å². The molecule has 11 heteroatoms. The van der Waals surface area contributed by atoms with Crippen molar-refractivity contribution < 1.29 is 22.8 Å². The van der Waals surface area contributed by atoms with Crippen molar-refractivity contribution in [2.75, 3.05) is 18.4 Å². The summed E-state index contributed by atoms with van der Waals surface area (Å²) in [7, 11) is 0. The highest BCUT2D eigenvalue weighted by atomic mass is 19.3. The van der Waals surface area contributed by atoms with E-state index in [1.165, 1.54) is 19.1 Å². The summed E-state index contributed by atoms with van der Waals surface area (Å²) in [5.74, 6) is -5.33. The third kappa shape index (κ3) is 7.52. The van der Waals surface area contributed by atoms with Gasteiger partial charge in [-0.25, -0.2) is 23.6 Å². The molecular weight excluding hydrogens is 413 g/mol. The second kappa shape index (κ2) is 11.8. The summed E-state index contributed by atoms with van der Waals surface area (Å²) in [6.07, 6.45) is 2.00. The van der Waals surface area contributed by atoms with Gasteiger partial charge in [-0.05, 0) is 32.1 Å². The third-order valence-electron chi connectivity index (χ3n) is 4.54. The van der Waals surface area contributed by atoms with Gasteiger partial charge in [0, 0.05) is 25.2 Å². The van der Waals surface area contributed by atoms with E-state index in [9.17, 15) is 22.8 Å². The molecule has 0 saturated carbocycles. The van der Waals surface area contributed by atoms with Crippen LogP contribution in [0.1, 0.15) is 20.3 Å². The molecule has 1 aliphatic heterocycles. The number of rotatable bonds is 7. The van der Waals surface area contributed by atoms with Gasteiger partial charge in [0.05, 0.1) is 23.9 Å². The van der Waals surface area contributed by atoms with Crippen LogP contribution in [0.3, 0.4) is 0 Å². The number of hydrazone groups is 1. The van der Waals surface area contributed by atoms with Gasteiger partial charge in [-0.3, -0.25) is 14.5 Å². The van der Waals surface area contributed by atoms with Crippen LogP contribution in [0.5, 0.6) is 0 Å². The van der Waals surface area contributed by atoms with Crippen LogP contribution in [0.25, 0.3) is 0 Å². The van der Waals surface area contributed by atoms with Crippen LogP contribution in [0, 0.1) is 11.7 Å². The van der Waals surface area contributed by atoms with E-state index in [0.717, 1.165) is 12.3 Å². The molecule has 1 fully saturated rings. The zero-order chi connectivity index (χ0) is 23.6. The number of aromatic nitrogens is 1. The number of nitrogens with zero attached hydrogens (tertiary/aromatic N) is 3. The summed E-state index contributed by atoms with van der Waals surface area (Å²) in [4.78, 5) is 28.4. The molecule has 0 aliphatic carbocycles. The monoisotopic (exact) mass is 440 g/mol. The maximum atomic E-state index is 14.6. The van der Waals surface area contributed by atoms with Crippen LogP contribution in [0.15, 0.2) is 48.4 Å². The second-order valence-electron chi connectivity index (χ2n) is 6.76. The smallest absolute Gasteiger partial charge is 0.258 e. The first-order valence-electron chi connectivity index (χ1n) is 9.39. The molecule has 1 saturated heterocycles. The van der Waals surface area contributed by atoms with Crippen molar-refractivity contribution in [3.8, 4) is 0 Å². The molecule has 2 heterocycles. The number of alkyl halides is 2. The number of amides is 2. The van der Waals surface area contributed by atoms with Crippen LogP contribution in [0.4, 0.5) is 19.0 Å². The van der Waals surface area contributed by atoms with Gasteiger partial charge in [-0.15, -0.1) is 13.2 Å². The first kappa shape index (κ1) is 25.8. The number of halogens is 3. The number of anilines is 1. The molecule has 2 amide bonds. The number of piperidine rings is 1. The van der Waals surface area contributed by atoms with Gasteiger partial charge in [-0.2, -0.15) is 5.10 Å². The van der Waals surface area contributed by atoms with Gasteiger partial charge in [0.1, 0.15) is 11.6 Å². The fourth-order valence-electron chi connectivity index (χ4n) is 2.98. The summed E-state index contributed by atoms with van der Waals surface area (Å²) in [6.45, 7) is 8.89. The van der Waals surface area contributed by atoms with Gasteiger partial charge in [-0.1, -0.05) is 0 Å². The van der Waals surface area contributed by atoms with Crippen molar-refractivity contribution in [3.63, 3.8) is 0 Å². The number of nitrogens with one attached hydrogen (secondary N) is 2. The van der Waals surface area contributed by atoms with Gasteiger partial charge in [0.15, 0.2) is 0 Å². The number of pyridine rings is 1. The Balaban J connectivity index is 0.00000233. The number of hydrogen-bond acceptors (Lipinski definition) is 6. The molecule has 0 radical (unpaired) electrons. The molecule has 0 aromatic carbocycles. The van der Waals surface area contributed by atoms with Crippen molar-refractivity contribution in [1.29, 1.82) is 0 Å². The van der Waals surface area contributed by atoms with Gasteiger partial charge < -0.3 is 11.1 Å². The normalized spacial score (nSPS) is 20.1. The molecule has 170 valence electrons. The lowest BCUT2D eigenvalue weighted by molar-refractivity contribution is -0.126. The van der Waals surface area contributed by atoms with E-state index in [1.54, 1.807) is 11.8 Å². The van der Waals surface area contributed by atoms with E-state index in [-0.39, 0.29) is 36.7 Å². The van der Waals surface area contributed by atoms with Crippen LogP contribution < -0.4 is 16.5 Å². The maximum Gasteiger partial charge on any atom is 0.258 e. The van der Waals surface area contributed by atoms with Crippen molar-refractivity contribution in [1.82, 2.24) is 15.3 Å². The minimum Gasteiger partial charge on any atom is -0.402 e. The van der Waals surface area contributed by atoms with Crippen LogP contribution in [-0.2, 0) is 9.59 Å². The summed E-state index contributed by atoms with van der Waals surface area (Å²) in [5, 5.41) is 6.24. The predicted molar refractivity (Wildman–Crippen MR) is 113 cm³/mol. The summed E-state index contributed by atoms with van der Waals surface area (Å²) < 4.78 is 42.1. The minimum atomic E-state index is -3.10. The molecule has 31 heavy (non-hydrogen) atoms. The van der Waals surface area contributed by atoms with Crippen LogP contribution >= 0.6 is 0 Å². The van der Waals surface area contributed by atoms with Crippen LogP contribution in [-0.4, -0.2) is 53.0 Å². The summed E-state index contributed by atoms with van der Waals surface area (Å²) in [6, 6.07) is 1.69. The van der Waals surface area contributed by atoms with Gasteiger partial charge in [0.2, 0.25) is 12.3 Å². The Kier molecular flexibility index (Phi) is 9.87. The molecule has 1 aromatic heterocycles. The van der Waals surface area contributed by atoms with E-state index in [2.05, 4.69) is 28.6 Å². The molecule has 0 bridgehead atoms. The first-order valence-corrected chi connectivity index (χ1v) is 9.39. The Morgan fingerprint density at radius 2 is 2.13 bits per heavy atom. The molecule has 0 spiro atoms. The lowest BCUT2D eigenvalue weighted by atomic mass is 9.88. The van der Waals surface area contributed by atoms with E-state index < -0.39 is 36.0 Å². The maximum absolute atomic E-state index is 14.6. The average Bonchev–Trinajstić information content (AvgIpc) is 2.73. The molecule has 2 rings (SSSR count). The van der Waals surface area contributed by atoms with E-state index in [4.69, 9.17) is 5.73 Å². The zero-order valence-corrected chi connectivity index (χ0v) is 17.4. The largest absolute Gasteiger partial charge is 0.402 e. The first-order chi connectivity index (χ1) is 14.6. The van der Waals surface area contributed by atoms with Crippen molar-refractivity contribution in [3.05, 3.63) is 49.1 Å². The lowest BCUT2D eigenvalue weighted by Crippen LogP contribution is -2.55. The minimum absolute atomic E-state index is 0.0192. The van der Waals surface area contributed by atoms with Gasteiger partial charge in [0.25, 0.3) is 5.92 Å². The fourth-order valence-corrected chi connectivity index (χ4v) is 2.98. The molecule has 2 atom stereocenters. The number of nitrogens with two attached hydrogens (primary N) is 1. The molecule has 2 unspecified atom stereocenters. The third-order valence-corrected chi connectivity index (χ3v) is 4.54. The standard InChI is InChI=1S/C18H23F3N6O2.C2H4/c1-11(22)7-15(26-24-10-28)14-9-27(6-5-18(14,20)21)12(2)17(29)25-16-4-3-13(19)8-23-16;1-2/h3-4,7-8,10,12,14H,5-6,9,22H2,1-2H3,(H,24,28)(H,23,25,29);1-2H2/b11-7+,26-15+;. The Labute approximate surface area is 179 Å². The quantitative estimate of drug-likeness (QED) is 0.261. The molecule has 1 aromatic rings. The van der Waals surface area contributed by atoms with Gasteiger partial charge >= 0.3 is 0 Å². The Bertz CT molecular complexity index is 810. The number of allylic oxidation sites excluding steroid dienone is 2. The highest BCUT2D eigenvalue weighted by molar-refractivity contribution is 5.98. The predicted octanol–water partition coefficient (Wildman–Crippen LogP) is 2.27. The molecule has 8 nitrogen and oxygen atoms in total. The Morgan fingerprint density at radius 3 is 2.68 bits per heavy atom. The fraction of sp³-hybridized carbons (Fsp3) is 0.400. The number of carbonyl (C=O) groups is 2. The van der Waals surface area contributed by atoms with Crippen molar-refractivity contribution in [2.24, 2.45) is 16.8 Å². The lowest BCUT2D eigenvalue weighted by Gasteiger charge is -2.40. The number of carbonyl (C=O) groups excluding carboxylic acids is 2. The zero-order valence-electron chi connectivity index (χ0n) is 17.4. The molecule has 4 N–H and O–H groups in total. The summed E-state index contributed by atoms with van der Waals surface area (Å²) >= 11 is 0. The van der Waals surface area contributed by atoms with E-state index >= 15 is 0 Å². The number of likely N-dealkylation sites (tertiary alicyclic amines) is 1. The second-order valence-corrected chi connectivity index (χ2v) is 6.76. The topological polar surface area (TPSA) is 113 Å². The molecular formula is C20H27F3N6O2. The highest BCUT2D eigenvalue weighted by Crippen LogP contribution is 2.35. The number of hydrogen-bond donors (Lipinski definition) is 3. The average molecular weight is 440 g/mol. The van der Waals surface area contributed by atoms with Crippen LogP contribution in [0.2, 0.25) is 0 Å². The SMILES string of the molecule is C/C(N)=C\C(=N/NC=O)C1CN(C(C)C(=O)Nc2ccc(F)cn2)CCC1(F)F.C=C.